The van der Waals surface area contributed by atoms with Crippen LogP contribution in [0.1, 0.15) is 24.2 Å². The summed E-state index contributed by atoms with van der Waals surface area (Å²) in [6.45, 7) is 2.29. The standard InChI is InChI=1S/C20H23N5O3/c1-11-23-15-5-3-4-12(16(15)24-11)9-25-10-20(19(21)28,13-6-7-13)8-14(18(25)27)17(26)22-2/h3-5,8,13H,6-7,9-10H2,1-2H3,(H2,21,28)(H,22,26)(H,23,24). The van der Waals surface area contributed by atoms with Crippen LogP contribution in [-0.2, 0) is 20.9 Å². The molecule has 3 amide bonds. The molecule has 0 bridgehead atoms. The van der Waals surface area contributed by atoms with Crippen LogP contribution >= 0.6 is 0 Å². The fraction of sp³-hybridized carbons (Fsp3) is 0.400. The minimum Gasteiger partial charge on any atom is -0.369 e. The van der Waals surface area contributed by atoms with Crippen LogP contribution in [0.2, 0.25) is 0 Å². The third kappa shape index (κ3) is 2.85. The summed E-state index contributed by atoms with van der Waals surface area (Å²) in [5.74, 6) is -0.565. The zero-order valence-corrected chi connectivity index (χ0v) is 15.9. The summed E-state index contributed by atoms with van der Waals surface area (Å²) in [5, 5.41) is 2.49. The van der Waals surface area contributed by atoms with Crippen LogP contribution in [0.25, 0.3) is 11.0 Å². The summed E-state index contributed by atoms with van der Waals surface area (Å²) >= 11 is 0. The van der Waals surface area contributed by atoms with Crippen molar-refractivity contribution in [3.05, 3.63) is 41.2 Å². The highest BCUT2D eigenvalue weighted by atomic mass is 16.2. The van der Waals surface area contributed by atoms with E-state index in [2.05, 4.69) is 15.3 Å². The maximum absolute atomic E-state index is 13.0. The summed E-state index contributed by atoms with van der Waals surface area (Å²) in [6.07, 6.45) is 3.22. The van der Waals surface area contributed by atoms with Gasteiger partial charge in [0.25, 0.3) is 11.8 Å². The molecule has 1 aromatic carbocycles. The number of amides is 3. The molecule has 1 aliphatic carbocycles. The average Bonchev–Trinajstić information content (AvgIpc) is 3.44. The number of nitrogens with two attached hydrogens (primary N) is 1. The number of carbonyl (C=O) groups is 3. The van der Waals surface area contributed by atoms with E-state index < -0.39 is 23.1 Å². The lowest BCUT2D eigenvalue weighted by Gasteiger charge is -2.39. The zero-order valence-electron chi connectivity index (χ0n) is 15.9. The predicted molar refractivity (Wildman–Crippen MR) is 103 cm³/mol. The number of hydrogen-bond acceptors (Lipinski definition) is 4. The second kappa shape index (κ2) is 6.47. The van der Waals surface area contributed by atoms with Crippen molar-refractivity contribution in [2.75, 3.05) is 13.6 Å². The van der Waals surface area contributed by atoms with E-state index in [1.165, 1.54) is 13.1 Å². The first kappa shape index (κ1) is 18.2. The monoisotopic (exact) mass is 381 g/mol. The maximum atomic E-state index is 13.0. The molecule has 1 unspecified atom stereocenters. The van der Waals surface area contributed by atoms with Crippen molar-refractivity contribution >= 4 is 28.8 Å². The number of imidazole rings is 1. The molecule has 8 nitrogen and oxygen atoms in total. The summed E-state index contributed by atoms with van der Waals surface area (Å²) in [6, 6.07) is 5.71. The van der Waals surface area contributed by atoms with Crippen LogP contribution in [-0.4, -0.2) is 46.2 Å². The lowest BCUT2D eigenvalue weighted by atomic mass is 9.76. The minimum absolute atomic E-state index is 0.0233. The molecule has 0 radical (unpaired) electrons. The first-order valence-corrected chi connectivity index (χ1v) is 9.34. The van der Waals surface area contributed by atoms with E-state index in [-0.39, 0.29) is 24.6 Å². The van der Waals surface area contributed by atoms with Crippen LogP contribution < -0.4 is 11.1 Å². The van der Waals surface area contributed by atoms with E-state index in [1.807, 2.05) is 25.1 Å². The highest BCUT2D eigenvalue weighted by Crippen LogP contribution is 2.49. The summed E-state index contributed by atoms with van der Waals surface area (Å²) in [5.41, 5.74) is 7.25. The number of benzene rings is 1. The van der Waals surface area contributed by atoms with Crippen molar-refractivity contribution in [3.63, 3.8) is 0 Å². The van der Waals surface area contributed by atoms with Gasteiger partial charge in [-0.1, -0.05) is 12.1 Å². The minimum atomic E-state index is -1.01. The number of primary amides is 1. The van der Waals surface area contributed by atoms with Crippen molar-refractivity contribution in [2.24, 2.45) is 17.1 Å². The lowest BCUT2D eigenvalue weighted by molar-refractivity contribution is -0.137. The lowest BCUT2D eigenvalue weighted by Crippen LogP contribution is -2.53. The van der Waals surface area contributed by atoms with Crippen LogP contribution in [0.15, 0.2) is 29.8 Å². The average molecular weight is 381 g/mol. The Kier molecular flexibility index (Phi) is 4.21. The van der Waals surface area contributed by atoms with Gasteiger partial charge in [-0.2, -0.15) is 0 Å². The van der Waals surface area contributed by atoms with Gasteiger partial charge in [-0.05, 0) is 43.4 Å². The molecule has 1 atom stereocenters. The number of likely N-dealkylation sites (N-methyl/N-ethyl adjacent to an activating group) is 1. The molecule has 0 saturated heterocycles. The number of fused-ring (bicyclic) bond motifs is 1. The van der Waals surface area contributed by atoms with Gasteiger partial charge in [0.15, 0.2) is 0 Å². The second-order valence-electron chi connectivity index (χ2n) is 7.61. The van der Waals surface area contributed by atoms with Gasteiger partial charge in [0.2, 0.25) is 5.91 Å². The van der Waals surface area contributed by atoms with E-state index >= 15 is 0 Å². The summed E-state index contributed by atoms with van der Waals surface area (Å²) in [4.78, 5) is 47.1. The van der Waals surface area contributed by atoms with E-state index in [1.54, 1.807) is 4.90 Å². The Morgan fingerprint density at radius 2 is 2.14 bits per heavy atom. The molecule has 2 aliphatic rings. The van der Waals surface area contributed by atoms with Crippen molar-refractivity contribution in [3.8, 4) is 0 Å². The van der Waals surface area contributed by atoms with Crippen LogP contribution in [0.5, 0.6) is 0 Å². The number of H-pyrrole nitrogens is 1. The van der Waals surface area contributed by atoms with Crippen molar-refractivity contribution < 1.29 is 14.4 Å². The van der Waals surface area contributed by atoms with E-state index in [0.717, 1.165) is 35.3 Å². The molecule has 146 valence electrons. The van der Waals surface area contributed by atoms with E-state index in [0.29, 0.717) is 0 Å². The first-order chi connectivity index (χ1) is 13.4. The number of para-hydroxylation sites is 1. The Hall–Kier alpha value is -3.16. The van der Waals surface area contributed by atoms with Gasteiger partial charge in [0.05, 0.1) is 16.4 Å². The van der Waals surface area contributed by atoms with Crippen molar-refractivity contribution in [2.45, 2.75) is 26.3 Å². The number of rotatable bonds is 5. The van der Waals surface area contributed by atoms with Crippen LogP contribution in [0, 0.1) is 18.3 Å². The van der Waals surface area contributed by atoms with Gasteiger partial charge in [-0.15, -0.1) is 0 Å². The molecule has 2 aromatic rings. The number of carbonyl (C=O) groups excluding carboxylic acids is 3. The number of aryl methyl sites for hydroxylation is 1. The summed E-state index contributed by atoms with van der Waals surface area (Å²) in [7, 11) is 1.46. The Balaban J connectivity index is 1.76. The molecule has 8 heteroatoms. The fourth-order valence-corrected chi connectivity index (χ4v) is 4.09. The molecule has 28 heavy (non-hydrogen) atoms. The van der Waals surface area contributed by atoms with Crippen LogP contribution in [0.4, 0.5) is 0 Å². The Bertz CT molecular complexity index is 1020. The molecule has 0 spiro atoms. The molecule has 4 rings (SSSR count). The number of aromatic amines is 1. The third-order valence-corrected chi connectivity index (χ3v) is 5.68. The second-order valence-corrected chi connectivity index (χ2v) is 7.61. The molecule has 1 fully saturated rings. The SMILES string of the molecule is CNC(=O)C1=CC(C(N)=O)(C2CC2)CN(Cc2cccc3[nH]c(C)nc23)C1=O. The third-order valence-electron chi connectivity index (χ3n) is 5.68. The normalized spacial score (nSPS) is 22.3. The van der Waals surface area contributed by atoms with Gasteiger partial charge in [0.1, 0.15) is 11.4 Å². The van der Waals surface area contributed by atoms with Gasteiger partial charge < -0.3 is 20.9 Å². The Morgan fingerprint density at radius 3 is 2.79 bits per heavy atom. The summed E-state index contributed by atoms with van der Waals surface area (Å²) < 4.78 is 0. The van der Waals surface area contributed by atoms with Crippen LogP contribution in [0.3, 0.4) is 0 Å². The topological polar surface area (TPSA) is 121 Å². The van der Waals surface area contributed by atoms with Gasteiger partial charge >= 0.3 is 0 Å². The number of nitrogens with zero attached hydrogens (tertiary/aromatic N) is 2. The molecule has 1 aliphatic heterocycles. The largest absolute Gasteiger partial charge is 0.369 e. The highest BCUT2D eigenvalue weighted by Gasteiger charge is 2.53. The Morgan fingerprint density at radius 1 is 1.39 bits per heavy atom. The molecule has 1 saturated carbocycles. The quantitative estimate of drug-likeness (QED) is 0.662. The number of aromatic nitrogens is 2. The first-order valence-electron chi connectivity index (χ1n) is 9.34. The van der Waals surface area contributed by atoms with Crippen molar-refractivity contribution in [1.82, 2.24) is 20.2 Å². The molecular formula is C20H23N5O3. The van der Waals surface area contributed by atoms with Gasteiger partial charge in [-0.25, -0.2) is 4.98 Å². The van der Waals surface area contributed by atoms with E-state index in [4.69, 9.17) is 5.73 Å². The molecule has 2 heterocycles. The Labute approximate surface area is 162 Å². The molecule has 1 aromatic heterocycles. The zero-order chi connectivity index (χ0) is 20.1. The molecule has 4 N–H and O–H groups in total. The van der Waals surface area contributed by atoms with Crippen molar-refractivity contribution in [1.29, 1.82) is 0 Å². The fourth-order valence-electron chi connectivity index (χ4n) is 4.09. The smallest absolute Gasteiger partial charge is 0.259 e. The van der Waals surface area contributed by atoms with Gasteiger partial charge in [0, 0.05) is 20.1 Å². The van der Waals surface area contributed by atoms with Gasteiger partial charge in [-0.3, -0.25) is 14.4 Å². The van der Waals surface area contributed by atoms with E-state index in [9.17, 15) is 14.4 Å². The number of hydrogen-bond donors (Lipinski definition) is 3. The highest BCUT2D eigenvalue weighted by molar-refractivity contribution is 6.19. The maximum Gasteiger partial charge on any atom is 0.259 e. The number of nitrogens with one attached hydrogen (secondary N) is 2. The predicted octanol–water partition coefficient (Wildman–Crippen LogP) is 0.768. The molecular weight excluding hydrogens is 358 g/mol.